The molecule has 0 radical (unpaired) electrons. The summed E-state index contributed by atoms with van der Waals surface area (Å²) in [6, 6.07) is 3.35. The maximum absolute atomic E-state index is 11.4. The Labute approximate surface area is 142 Å². The molecule has 1 aliphatic rings. The lowest BCUT2D eigenvalue weighted by Gasteiger charge is -2.10. The third-order valence-electron chi connectivity index (χ3n) is 4.31. The molecule has 6 nitrogen and oxygen atoms in total. The fourth-order valence-electron chi connectivity index (χ4n) is 3.17. The van der Waals surface area contributed by atoms with E-state index in [4.69, 9.17) is 16.7 Å². The van der Waals surface area contributed by atoms with Crippen LogP contribution < -0.4 is 0 Å². The van der Waals surface area contributed by atoms with Crippen LogP contribution in [-0.4, -0.2) is 30.8 Å². The van der Waals surface area contributed by atoms with Crippen LogP contribution in [0.2, 0.25) is 0 Å². The van der Waals surface area contributed by atoms with Crippen molar-refractivity contribution in [2.45, 2.75) is 26.3 Å². The molecular weight excluding hydrogens is 328 g/mol. The predicted octanol–water partition coefficient (Wildman–Crippen LogP) is 3.67. The molecular formula is C17H15ClN4O2. The number of aromatic carboxylic acids is 1. The summed E-state index contributed by atoms with van der Waals surface area (Å²) >= 11 is 6.19. The Hall–Kier alpha value is -2.60. The fourth-order valence-corrected chi connectivity index (χ4v) is 3.37. The Kier molecular flexibility index (Phi) is 3.42. The van der Waals surface area contributed by atoms with Crippen molar-refractivity contribution < 1.29 is 9.90 Å². The quantitative estimate of drug-likeness (QED) is 0.760. The van der Waals surface area contributed by atoms with Gasteiger partial charge < -0.3 is 10.1 Å². The van der Waals surface area contributed by atoms with Crippen LogP contribution in [0.25, 0.3) is 28.5 Å². The minimum atomic E-state index is -0.980. The highest BCUT2D eigenvalue weighted by atomic mass is 35.5. The molecule has 4 rings (SSSR count). The van der Waals surface area contributed by atoms with Crippen LogP contribution in [0.15, 0.2) is 23.4 Å². The number of allylic oxidation sites excluding steroid dienone is 1. The summed E-state index contributed by atoms with van der Waals surface area (Å²) in [5, 5.41) is 14.9. The third kappa shape index (κ3) is 2.22. The molecule has 0 saturated carbocycles. The molecule has 122 valence electrons. The Bertz CT molecular complexity index is 1000. The Morgan fingerprint density at radius 1 is 1.46 bits per heavy atom. The number of nitrogens with one attached hydrogen (secondary N) is 1. The van der Waals surface area contributed by atoms with Gasteiger partial charge in [0.15, 0.2) is 0 Å². The van der Waals surface area contributed by atoms with E-state index < -0.39 is 5.97 Å². The molecule has 0 unspecified atom stereocenters. The number of pyridine rings is 1. The van der Waals surface area contributed by atoms with Crippen LogP contribution in [-0.2, 0) is 13.0 Å². The molecule has 3 aromatic rings. The first-order valence-electron chi connectivity index (χ1n) is 7.75. The van der Waals surface area contributed by atoms with Crippen molar-refractivity contribution in [1.82, 2.24) is 19.7 Å². The van der Waals surface area contributed by atoms with Crippen LogP contribution in [0.5, 0.6) is 0 Å². The van der Waals surface area contributed by atoms with Crippen LogP contribution in [0.1, 0.15) is 35.0 Å². The third-order valence-corrected chi connectivity index (χ3v) is 4.61. The van der Waals surface area contributed by atoms with Crippen molar-refractivity contribution >= 4 is 34.7 Å². The highest BCUT2D eigenvalue weighted by Crippen LogP contribution is 2.34. The summed E-state index contributed by atoms with van der Waals surface area (Å²) in [5.74, 6) is -0.980. The summed E-state index contributed by atoms with van der Waals surface area (Å²) in [7, 11) is 0. The number of hydrogen-bond acceptors (Lipinski definition) is 3. The van der Waals surface area contributed by atoms with E-state index in [2.05, 4.69) is 9.97 Å². The van der Waals surface area contributed by atoms with Crippen molar-refractivity contribution in [3.05, 3.63) is 40.2 Å². The van der Waals surface area contributed by atoms with Gasteiger partial charge in [0.2, 0.25) is 0 Å². The molecule has 0 bridgehead atoms. The highest BCUT2D eigenvalue weighted by Gasteiger charge is 2.23. The summed E-state index contributed by atoms with van der Waals surface area (Å²) in [4.78, 5) is 18.8. The van der Waals surface area contributed by atoms with Gasteiger partial charge in [0.1, 0.15) is 5.69 Å². The Morgan fingerprint density at radius 3 is 3.04 bits per heavy atom. The molecule has 1 aliphatic carbocycles. The van der Waals surface area contributed by atoms with E-state index in [-0.39, 0.29) is 5.56 Å². The van der Waals surface area contributed by atoms with E-state index >= 15 is 0 Å². The van der Waals surface area contributed by atoms with Gasteiger partial charge in [-0.25, -0.2) is 4.79 Å². The standard InChI is InChI=1S/C17H15ClN4O2/c1-2-22-14-7-9(18)3-4-10(14)16(21-22)13-8-12-15(20-13)11(17(23)24)5-6-19-12/h5-8,20H,2-4H2,1H3,(H,23,24). The zero-order valence-electron chi connectivity index (χ0n) is 13.0. The van der Waals surface area contributed by atoms with Crippen LogP contribution in [0.3, 0.4) is 0 Å². The lowest BCUT2D eigenvalue weighted by atomic mass is 10.00. The summed E-state index contributed by atoms with van der Waals surface area (Å²) in [6.45, 7) is 2.77. The SMILES string of the molecule is CCn1nc(-c2cc3nccc(C(=O)O)c3[nH]2)c2c1C=C(Cl)CC2. The predicted molar refractivity (Wildman–Crippen MR) is 92.1 cm³/mol. The average Bonchev–Trinajstić information content (AvgIpc) is 3.14. The number of carboxylic acids is 1. The first kappa shape index (κ1) is 15.0. The first-order chi connectivity index (χ1) is 11.6. The molecule has 0 saturated heterocycles. The number of H-pyrrole nitrogens is 1. The van der Waals surface area contributed by atoms with Crippen molar-refractivity contribution in [2.24, 2.45) is 0 Å². The number of aryl methyl sites for hydroxylation is 1. The number of halogens is 1. The van der Waals surface area contributed by atoms with Gasteiger partial charge in [-0.05, 0) is 38.0 Å². The molecule has 0 amide bonds. The first-order valence-corrected chi connectivity index (χ1v) is 8.13. The van der Waals surface area contributed by atoms with Crippen molar-refractivity contribution in [2.75, 3.05) is 0 Å². The molecule has 0 fully saturated rings. The maximum atomic E-state index is 11.4. The van der Waals surface area contributed by atoms with Crippen LogP contribution >= 0.6 is 11.6 Å². The fraction of sp³-hybridized carbons (Fsp3) is 0.235. The molecule has 0 spiro atoms. The molecule has 3 heterocycles. The number of carboxylic acid groups (broad SMARTS) is 1. The second-order valence-corrected chi connectivity index (χ2v) is 6.21. The number of aromatic nitrogens is 4. The molecule has 24 heavy (non-hydrogen) atoms. The zero-order valence-corrected chi connectivity index (χ0v) is 13.8. The smallest absolute Gasteiger partial charge is 0.337 e. The van der Waals surface area contributed by atoms with Gasteiger partial charge in [0.25, 0.3) is 0 Å². The normalized spacial score (nSPS) is 13.8. The molecule has 0 aromatic carbocycles. The number of aromatic amines is 1. The van der Waals surface area contributed by atoms with Gasteiger partial charge in [-0.1, -0.05) is 11.6 Å². The molecule has 2 N–H and O–H groups in total. The second-order valence-electron chi connectivity index (χ2n) is 5.73. The maximum Gasteiger partial charge on any atom is 0.337 e. The van der Waals surface area contributed by atoms with Gasteiger partial charge in [-0.15, -0.1) is 0 Å². The highest BCUT2D eigenvalue weighted by molar-refractivity contribution is 6.31. The van der Waals surface area contributed by atoms with E-state index in [0.29, 0.717) is 11.0 Å². The largest absolute Gasteiger partial charge is 0.478 e. The van der Waals surface area contributed by atoms with Crippen molar-refractivity contribution in [3.63, 3.8) is 0 Å². The van der Waals surface area contributed by atoms with Crippen molar-refractivity contribution in [3.8, 4) is 11.4 Å². The lowest BCUT2D eigenvalue weighted by Crippen LogP contribution is -2.02. The number of carbonyl (C=O) groups is 1. The number of rotatable bonds is 3. The van der Waals surface area contributed by atoms with Gasteiger partial charge >= 0.3 is 5.97 Å². The van der Waals surface area contributed by atoms with E-state index in [0.717, 1.165) is 47.1 Å². The minimum absolute atomic E-state index is 0.206. The van der Waals surface area contributed by atoms with E-state index in [1.807, 2.05) is 23.7 Å². The molecule has 0 aliphatic heterocycles. The van der Waals surface area contributed by atoms with Gasteiger partial charge in [-0.3, -0.25) is 9.67 Å². The van der Waals surface area contributed by atoms with Gasteiger partial charge in [0, 0.05) is 23.3 Å². The molecule has 3 aromatic heterocycles. The molecule has 0 atom stereocenters. The topological polar surface area (TPSA) is 83.8 Å². The number of fused-ring (bicyclic) bond motifs is 2. The number of hydrogen-bond donors (Lipinski definition) is 2. The average molecular weight is 343 g/mol. The lowest BCUT2D eigenvalue weighted by molar-refractivity contribution is 0.0699. The van der Waals surface area contributed by atoms with E-state index in [1.54, 1.807) is 0 Å². The van der Waals surface area contributed by atoms with Gasteiger partial charge in [-0.2, -0.15) is 5.10 Å². The Morgan fingerprint density at radius 2 is 2.29 bits per heavy atom. The van der Waals surface area contributed by atoms with E-state index in [1.165, 1.54) is 12.3 Å². The summed E-state index contributed by atoms with van der Waals surface area (Å²) in [5.41, 5.74) is 5.11. The zero-order chi connectivity index (χ0) is 16.8. The summed E-state index contributed by atoms with van der Waals surface area (Å²) < 4.78 is 1.92. The van der Waals surface area contributed by atoms with Crippen LogP contribution in [0, 0.1) is 0 Å². The number of nitrogens with zero attached hydrogens (tertiary/aromatic N) is 3. The molecule has 7 heteroatoms. The summed E-state index contributed by atoms with van der Waals surface area (Å²) in [6.07, 6.45) is 5.07. The van der Waals surface area contributed by atoms with Crippen molar-refractivity contribution in [1.29, 1.82) is 0 Å². The van der Waals surface area contributed by atoms with E-state index in [9.17, 15) is 9.90 Å². The Balaban J connectivity index is 1.93. The monoisotopic (exact) mass is 342 g/mol. The van der Waals surface area contributed by atoms with Gasteiger partial charge in [0.05, 0.1) is 28.0 Å². The van der Waals surface area contributed by atoms with Crippen LogP contribution in [0.4, 0.5) is 0 Å². The second kappa shape index (κ2) is 5.49. The minimum Gasteiger partial charge on any atom is -0.478 e.